The van der Waals surface area contributed by atoms with Gasteiger partial charge in [0, 0.05) is 42.5 Å². The van der Waals surface area contributed by atoms with Gasteiger partial charge >= 0.3 is 6.03 Å². The Kier molecular flexibility index (Phi) is 10.8. The average molecular weight is 730 g/mol. The molecule has 2 heterocycles. The van der Waals surface area contributed by atoms with Crippen LogP contribution in [-0.2, 0) is 26.5 Å². The summed E-state index contributed by atoms with van der Waals surface area (Å²) >= 11 is 12.7. The summed E-state index contributed by atoms with van der Waals surface area (Å²) in [5.74, 6) is 1.09. The number of carbonyl (C=O) groups excluding carboxylic acids is 1. The molecule has 0 radical (unpaired) electrons. The van der Waals surface area contributed by atoms with Crippen LogP contribution < -0.4 is 4.74 Å². The first kappa shape index (κ1) is 37.1. The van der Waals surface area contributed by atoms with Crippen LogP contribution in [0, 0.1) is 0 Å². The number of hydrogen-bond donors (Lipinski definition) is 1. The van der Waals surface area contributed by atoms with Crippen LogP contribution in [0.1, 0.15) is 63.3 Å². The van der Waals surface area contributed by atoms with Crippen molar-refractivity contribution in [1.29, 1.82) is 0 Å². The first-order valence-electron chi connectivity index (χ1n) is 16.6. The van der Waals surface area contributed by atoms with E-state index in [4.69, 9.17) is 32.9 Å². The first-order chi connectivity index (χ1) is 23.0. The molecule has 0 saturated carbocycles. The average Bonchev–Trinajstić information content (AvgIpc) is 3.28. The van der Waals surface area contributed by atoms with Crippen molar-refractivity contribution < 1.29 is 23.1 Å². The lowest BCUT2D eigenvalue weighted by molar-refractivity contribution is 0.0781. The third-order valence-corrected chi connectivity index (χ3v) is 11.3. The molecule has 3 aromatic rings. The van der Waals surface area contributed by atoms with Crippen LogP contribution in [0.25, 0.3) is 0 Å². The highest BCUT2D eigenvalue weighted by molar-refractivity contribution is 7.90. The fraction of sp³-hybridized carbons (Fsp3) is 0.459. The zero-order valence-corrected chi connectivity index (χ0v) is 31.4. The zero-order chi connectivity index (χ0) is 35.8. The fourth-order valence-corrected chi connectivity index (χ4v) is 7.69. The molecule has 1 N–H and O–H groups in total. The summed E-state index contributed by atoms with van der Waals surface area (Å²) < 4.78 is 29.6. The summed E-state index contributed by atoms with van der Waals surface area (Å²) in [5, 5.41) is 12.0. The van der Waals surface area contributed by atoms with Crippen molar-refractivity contribution in [3.05, 3.63) is 99.0 Å². The van der Waals surface area contributed by atoms with Crippen LogP contribution in [-0.4, -0.2) is 91.4 Å². The zero-order valence-electron chi connectivity index (χ0n) is 29.0. The molecular formula is C37H46Cl2N4O5S. The Morgan fingerprint density at radius 1 is 0.939 bits per heavy atom. The largest absolute Gasteiger partial charge is 0.493 e. The molecule has 5 rings (SSSR count). The summed E-state index contributed by atoms with van der Waals surface area (Å²) in [4.78, 5) is 26.4. The number of aliphatic hydroxyl groups is 1. The topological polar surface area (TPSA) is 103 Å². The third kappa shape index (κ3) is 7.64. The third-order valence-electron chi connectivity index (χ3n) is 9.80. The van der Waals surface area contributed by atoms with Gasteiger partial charge in [-0.2, -0.15) is 0 Å². The molecule has 0 aliphatic carbocycles. The Morgan fingerprint density at radius 2 is 1.51 bits per heavy atom. The van der Waals surface area contributed by atoms with Crippen molar-refractivity contribution in [3.8, 4) is 5.75 Å². The van der Waals surface area contributed by atoms with E-state index in [-0.39, 0.29) is 11.8 Å². The number of amidine groups is 1. The Balaban J connectivity index is 1.65. The number of halogens is 2. The van der Waals surface area contributed by atoms with Crippen LogP contribution in [0.4, 0.5) is 4.79 Å². The molecule has 0 unspecified atom stereocenters. The van der Waals surface area contributed by atoms with E-state index in [1.165, 1.54) is 6.26 Å². The normalized spacial score (nSPS) is 21.9. The molecule has 0 aromatic heterocycles. The lowest BCUT2D eigenvalue weighted by Crippen LogP contribution is -2.60. The molecule has 1 fully saturated rings. The number of sulfone groups is 1. The Morgan fingerprint density at radius 3 is 2.04 bits per heavy atom. The minimum absolute atomic E-state index is 0.136. The summed E-state index contributed by atoms with van der Waals surface area (Å²) in [7, 11) is -3.04. The molecule has 0 spiro atoms. The molecule has 9 nitrogen and oxygen atoms in total. The minimum atomic E-state index is -3.04. The van der Waals surface area contributed by atoms with E-state index in [0.29, 0.717) is 78.5 Å². The number of hydrogen-bond acceptors (Lipinski definition) is 7. The van der Waals surface area contributed by atoms with Crippen molar-refractivity contribution in [2.75, 3.05) is 51.3 Å². The number of amides is 2. The van der Waals surface area contributed by atoms with Gasteiger partial charge in [-0.1, -0.05) is 53.5 Å². The molecule has 264 valence electrons. The summed E-state index contributed by atoms with van der Waals surface area (Å²) in [6.45, 7) is 12.6. The van der Waals surface area contributed by atoms with E-state index in [1.54, 1.807) is 18.7 Å². The second kappa shape index (κ2) is 14.2. The molecule has 12 heteroatoms. The number of nitrogens with zero attached hydrogens (tertiary/aromatic N) is 4. The van der Waals surface area contributed by atoms with E-state index in [1.807, 2.05) is 92.4 Å². The van der Waals surface area contributed by atoms with Crippen molar-refractivity contribution in [2.45, 2.75) is 57.7 Å². The SMILES string of the molecule is CCOc1cc(C(C)(C)O)ccc1C1=N[C@@](C)(c2ccc(Cl)cc2)[C@@](C)(c2ccc(Cl)cc2)N1C(=O)N1CCN(CCCS(C)(=O)=O)CC1. The molecule has 2 aliphatic rings. The number of piperazine rings is 1. The molecule has 49 heavy (non-hydrogen) atoms. The molecule has 2 atom stereocenters. The quantitative estimate of drug-likeness (QED) is 0.250. The van der Waals surface area contributed by atoms with Gasteiger partial charge in [0.25, 0.3) is 0 Å². The Labute approximate surface area is 300 Å². The smallest absolute Gasteiger partial charge is 0.326 e. The lowest BCUT2D eigenvalue weighted by Gasteiger charge is -2.47. The van der Waals surface area contributed by atoms with Gasteiger partial charge in [0.2, 0.25) is 0 Å². The molecule has 2 amide bonds. The first-order valence-corrected chi connectivity index (χ1v) is 19.4. The van der Waals surface area contributed by atoms with Crippen molar-refractivity contribution in [1.82, 2.24) is 14.7 Å². The van der Waals surface area contributed by atoms with E-state index in [2.05, 4.69) is 4.90 Å². The Bertz CT molecular complexity index is 1800. The van der Waals surface area contributed by atoms with Crippen LogP contribution in [0.5, 0.6) is 5.75 Å². The van der Waals surface area contributed by atoms with Crippen LogP contribution in [0.3, 0.4) is 0 Å². The van der Waals surface area contributed by atoms with Gasteiger partial charge in [-0.05, 0) is 101 Å². The molecular weight excluding hydrogens is 683 g/mol. The van der Waals surface area contributed by atoms with E-state index < -0.39 is 26.5 Å². The van der Waals surface area contributed by atoms with Crippen molar-refractivity contribution in [3.63, 3.8) is 0 Å². The molecule has 0 bridgehead atoms. The maximum atomic E-state index is 15.1. The highest BCUT2D eigenvalue weighted by atomic mass is 35.5. The number of urea groups is 1. The second-order valence-corrected chi connectivity index (χ2v) is 16.9. The summed E-state index contributed by atoms with van der Waals surface area (Å²) in [6, 6.07) is 20.4. The predicted molar refractivity (Wildman–Crippen MR) is 197 cm³/mol. The molecule has 3 aromatic carbocycles. The van der Waals surface area contributed by atoms with Gasteiger partial charge in [-0.3, -0.25) is 14.8 Å². The molecule has 2 aliphatic heterocycles. The van der Waals surface area contributed by atoms with Gasteiger partial charge in [0.1, 0.15) is 32.5 Å². The number of ether oxygens (including phenoxy) is 1. The van der Waals surface area contributed by atoms with Gasteiger partial charge in [-0.15, -0.1) is 0 Å². The number of carbonyl (C=O) groups is 1. The van der Waals surface area contributed by atoms with Gasteiger partial charge in [-0.25, -0.2) is 13.2 Å². The monoisotopic (exact) mass is 728 g/mol. The van der Waals surface area contributed by atoms with Gasteiger partial charge < -0.3 is 14.7 Å². The number of aliphatic imine (C=N–C) groups is 1. The summed E-state index contributed by atoms with van der Waals surface area (Å²) in [5.41, 5.74) is -0.167. The fourth-order valence-electron chi connectivity index (χ4n) is 6.78. The highest BCUT2D eigenvalue weighted by Crippen LogP contribution is 2.54. The maximum Gasteiger partial charge on any atom is 0.326 e. The molecule has 1 saturated heterocycles. The predicted octanol–water partition coefficient (Wildman–Crippen LogP) is 6.68. The van der Waals surface area contributed by atoms with E-state index in [9.17, 15) is 13.5 Å². The minimum Gasteiger partial charge on any atom is -0.493 e. The van der Waals surface area contributed by atoms with Crippen LogP contribution in [0.2, 0.25) is 10.0 Å². The van der Waals surface area contributed by atoms with Crippen molar-refractivity contribution >= 4 is 44.9 Å². The standard InChI is InChI=1S/C37H46Cl2N4O5S/c1-7-48-32-25-28(35(2,3)45)13-18-31(32)33-40-36(4,26-9-14-29(38)15-10-26)37(5,27-11-16-30(39)17-12-27)43(33)34(44)42-22-20-41(21-23-42)19-8-24-49(6,46)47/h9-18,25,45H,7-8,19-24H2,1-6H3/t36-,37+/m0/s1. The second-order valence-electron chi connectivity index (χ2n) is 13.7. The van der Waals surface area contributed by atoms with Gasteiger partial charge in [0.05, 0.1) is 23.5 Å². The van der Waals surface area contributed by atoms with Crippen LogP contribution >= 0.6 is 23.2 Å². The maximum absolute atomic E-state index is 15.1. The van der Waals surface area contributed by atoms with Gasteiger partial charge in [0.15, 0.2) is 0 Å². The van der Waals surface area contributed by atoms with Crippen LogP contribution in [0.15, 0.2) is 71.7 Å². The highest BCUT2D eigenvalue weighted by Gasteiger charge is 2.60. The Hall–Kier alpha value is -3.15. The van der Waals surface area contributed by atoms with E-state index >= 15 is 4.79 Å². The number of benzene rings is 3. The lowest BCUT2D eigenvalue weighted by atomic mass is 9.71. The van der Waals surface area contributed by atoms with E-state index in [0.717, 1.165) is 11.1 Å². The number of rotatable bonds is 10. The van der Waals surface area contributed by atoms with Crippen molar-refractivity contribution in [2.24, 2.45) is 4.99 Å². The summed E-state index contributed by atoms with van der Waals surface area (Å²) in [6.07, 6.45) is 1.80.